The van der Waals surface area contributed by atoms with Crippen molar-refractivity contribution in [3.05, 3.63) is 96.3 Å². The van der Waals surface area contributed by atoms with Gasteiger partial charge in [-0.2, -0.15) is 0 Å². The van der Waals surface area contributed by atoms with Crippen LogP contribution in [0.1, 0.15) is 17.4 Å². The highest BCUT2D eigenvalue weighted by Gasteiger charge is 2.33. The number of aromatic nitrogens is 3. The summed E-state index contributed by atoms with van der Waals surface area (Å²) in [5.41, 5.74) is 2.81. The maximum Gasteiger partial charge on any atom is 0.238 e. The lowest BCUT2D eigenvalue weighted by molar-refractivity contribution is -0.117. The second-order valence-corrected chi connectivity index (χ2v) is 8.40. The predicted molar refractivity (Wildman–Crippen MR) is 125 cm³/mol. The number of para-hydroxylation sites is 3. The van der Waals surface area contributed by atoms with Crippen LogP contribution < -0.4 is 9.64 Å². The van der Waals surface area contributed by atoms with Crippen molar-refractivity contribution in [2.24, 2.45) is 0 Å². The predicted octanol–water partition coefficient (Wildman–Crippen LogP) is 4.83. The van der Waals surface area contributed by atoms with Crippen LogP contribution in [-0.2, 0) is 4.79 Å². The smallest absolute Gasteiger partial charge is 0.238 e. The van der Waals surface area contributed by atoms with Gasteiger partial charge in [0.1, 0.15) is 18.2 Å². The lowest BCUT2D eigenvalue weighted by atomic mass is 10.0. The number of thioether (sulfide) groups is 1. The van der Waals surface area contributed by atoms with Gasteiger partial charge in [0, 0.05) is 5.69 Å². The number of fused-ring (bicyclic) bond motifs is 1. The van der Waals surface area contributed by atoms with Crippen molar-refractivity contribution in [3.8, 4) is 11.4 Å². The number of hydrogen-bond donors (Lipinski definition) is 0. The molecule has 0 unspecified atom stereocenters. The van der Waals surface area contributed by atoms with Gasteiger partial charge in [0.05, 0.1) is 17.5 Å². The van der Waals surface area contributed by atoms with E-state index in [-0.39, 0.29) is 17.7 Å². The molecule has 0 saturated heterocycles. The minimum absolute atomic E-state index is 0.000122. The molecule has 2 heterocycles. The molecule has 1 aliphatic rings. The summed E-state index contributed by atoms with van der Waals surface area (Å²) in [6.07, 6.45) is 0. The highest BCUT2D eigenvalue weighted by molar-refractivity contribution is 7.99. The third kappa shape index (κ3) is 3.87. The second kappa shape index (κ2) is 8.88. The molecule has 5 rings (SSSR count). The van der Waals surface area contributed by atoms with Crippen molar-refractivity contribution in [1.29, 1.82) is 0 Å². The van der Waals surface area contributed by atoms with Crippen LogP contribution in [0.15, 0.2) is 90.1 Å². The molecule has 3 aromatic carbocycles. The van der Waals surface area contributed by atoms with E-state index in [2.05, 4.69) is 10.2 Å². The Morgan fingerprint density at radius 1 is 0.969 bits per heavy atom. The van der Waals surface area contributed by atoms with Crippen LogP contribution in [0.4, 0.5) is 5.69 Å². The Morgan fingerprint density at radius 3 is 2.44 bits per heavy atom. The standard InChI is InChI=1S/C25H22N4O2S/c1-18-26-27-25(28(18)20-12-6-3-7-13-20)32-17-24(30)29-21-14-8-9-15-23(21)31-16-22(29)19-10-4-2-5-11-19/h2-15,22H,16-17H2,1H3/t22-/m0/s1. The van der Waals surface area contributed by atoms with Gasteiger partial charge in [-0.1, -0.05) is 72.4 Å². The lowest BCUT2D eigenvalue weighted by Gasteiger charge is -2.37. The maximum absolute atomic E-state index is 13.6. The van der Waals surface area contributed by atoms with Crippen LogP contribution in [0.3, 0.4) is 0 Å². The Kier molecular flexibility index (Phi) is 5.64. The molecule has 1 aliphatic heterocycles. The number of hydrogen-bond acceptors (Lipinski definition) is 5. The summed E-state index contributed by atoms with van der Waals surface area (Å²) in [7, 11) is 0. The van der Waals surface area contributed by atoms with Crippen molar-refractivity contribution in [2.75, 3.05) is 17.3 Å². The van der Waals surface area contributed by atoms with Gasteiger partial charge in [-0.25, -0.2) is 0 Å². The quantitative estimate of drug-likeness (QED) is 0.414. The number of benzene rings is 3. The Balaban J connectivity index is 1.43. The molecule has 0 aliphatic carbocycles. The number of carbonyl (C=O) groups excluding carboxylic acids is 1. The van der Waals surface area contributed by atoms with E-state index >= 15 is 0 Å². The van der Waals surface area contributed by atoms with Gasteiger partial charge in [-0.15, -0.1) is 10.2 Å². The van der Waals surface area contributed by atoms with E-state index < -0.39 is 0 Å². The molecule has 160 valence electrons. The maximum atomic E-state index is 13.6. The molecule has 0 saturated carbocycles. The van der Waals surface area contributed by atoms with E-state index in [1.807, 2.05) is 101 Å². The first-order chi connectivity index (χ1) is 15.7. The first-order valence-corrected chi connectivity index (χ1v) is 11.4. The molecule has 1 amide bonds. The molecular weight excluding hydrogens is 420 g/mol. The molecule has 7 heteroatoms. The zero-order chi connectivity index (χ0) is 21.9. The molecule has 0 fully saturated rings. The van der Waals surface area contributed by atoms with Gasteiger partial charge in [0.2, 0.25) is 5.91 Å². The monoisotopic (exact) mass is 442 g/mol. The molecule has 0 spiro atoms. The van der Waals surface area contributed by atoms with E-state index in [0.717, 1.165) is 28.5 Å². The second-order valence-electron chi connectivity index (χ2n) is 7.46. The highest BCUT2D eigenvalue weighted by Crippen LogP contribution is 2.39. The number of amides is 1. The molecule has 4 aromatic rings. The number of ether oxygens (including phenoxy) is 1. The first kappa shape index (κ1) is 20.3. The lowest BCUT2D eigenvalue weighted by Crippen LogP contribution is -2.42. The zero-order valence-electron chi connectivity index (χ0n) is 17.6. The van der Waals surface area contributed by atoms with Crippen LogP contribution in [0, 0.1) is 6.92 Å². The van der Waals surface area contributed by atoms with Gasteiger partial charge in [-0.05, 0) is 36.8 Å². The van der Waals surface area contributed by atoms with E-state index in [1.54, 1.807) is 0 Å². The number of carbonyl (C=O) groups is 1. The molecule has 6 nitrogen and oxygen atoms in total. The van der Waals surface area contributed by atoms with Crippen LogP contribution in [0.2, 0.25) is 0 Å². The number of rotatable bonds is 5. The van der Waals surface area contributed by atoms with Crippen LogP contribution in [0.25, 0.3) is 5.69 Å². The highest BCUT2D eigenvalue weighted by atomic mass is 32.2. The molecular formula is C25H22N4O2S. The van der Waals surface area contributed by atoms with Gasteiger partial charge in [0.25, 0.3) is 0 Å². The Morgan fingerprint density at radius 2 is 1.66 bits per heavy atom. The Labute approximate surface area is 190 Å². The fourth-order valence-electron chi connectivity index (χ4n) is 3.92. The normalized spacial score (nSPS) is 15.2. The third-order valence-electron chi connectivity index (χ3n) is 5.42. The fourth-order valence-corrected chi connectivity index (χ4v) is 4.78. The number of nitrogens with zero attached hydrogens (tertiary/aromatic N) is 4. The summed E-state index contributed by atoms with van der Waals surface area (Å²) in [6, 6.07) is 27.4. The van der Waals surface area contributed by atoms with Crippen LogP contribution in [-0.4, -0.2) is 33.0 Å². The Bertz CT molecular complexity index is 1230. The fraction of sp³-hybridized carbons (Fsp3) is 0.160. The third-order valence-corrected chi connectivity index (χ3v) is 6.33. The van der Waals surface area contributed by atoms with E-state index in [1.165, 1.54) is 11.8 Å². The molecule has 1 aromatic heterocycles. The van der Waals surface area contributed by atoms with Crippen molar-refractivity contribution in [1.82, 2.24) is 14.8 Å². The summed E-state index contributed by atoms with van der Waals surface area (Å²) in [5.74, 6) is 1.74. The van der Waals surface area contributed by atoms with Gasteiger partial charge < -0.3 is 4.74 Å². The number of aryl methyl sites for hydroxylation is 1. The van der Waals surface area contributed by atoms with E-state index in [0.29, 0.717) is 11.8 Å². The molecule has 1 atom stereocenters. The van der Waals surface area contributed by atoms with E-state index in [9.17, 15) is 4.79 Å². The SMILES string of the molecule is Cc1nnc(SCC(=O)N2c3ccccc3OC[C@H]2c2ccccc2)n1-c1ccccc1. The van der Waals surface area contributed by atoms with Crippen LogP contribution >= 0.6 is 11.8 Å². The summed E-state index contributed by atoms with van der Waals surface area (Å²) < 4.78 is 7.96. The molecule has 0 N–H and O–H groups in total. The summed E-state index contributed by atoms with van der Waals surface area (Å²) in [5, 5.41) is 9.23. The van der Waals surface area contributed by atoms with E-state index in [4.69, 9.17) is 4.74 Å². The molecule has 0 bridgehead atoms. The minimum atomic E-state index is -0.187. The minimum Gasteiger partial charge on any atom is -0.489 e. The van der Waals surface area contributed by atoms with Gasteiger partial charge >= 0.3 is 0 Å². The summed E-state index contributed by atoms with van der Waals surface area (Å²) in [4.78, 5) is 15.4. The average Bonchev–Trinajstić information content (AvgIpc) is 3.23. The number of anilines is 1. The van der Waals surface area contributed by atoms with Gasteiger partial charge in [0.15, 0.2) is 5.16 Å². The van der Waals surface area contributed by atoms with Crippen molar-refractivity contribution < 1.29 is 9.53 Å². The molecule has 0 radical (unpaired) electrons. The van der Waals surface area contributed by atoms with Crippen LogP contribution in [0.5, 0.6) is 5.75 Å². The summed E-state index contributed by atoms with van der Waals surface area (Å²) in [6.45, 7) is 2.33. The van der Waals surface area contributed by atoms with Crippen molar-refractivity contribution >= 4 is 23.4 Å². The summed E-state index contributed by atoms with van der Waals surface area (Å²) >= 11 is 1.39. The first-order valence-electron chi connectivity index (χ1n) is 10.4. The van der Waals surface area contributed by atoms with Crippen molar-refractivity contribution in [2.45, 2.75) is 18.1 Å². The van der Waals surface area contributed by atoms with Gasteiger partial charge in [-0.3, -0.25) is 14.3 Å². The molecule has 32 heavy (non-hydrogen) atoms. The topological polar surface area (TPSA) is 60.3 Å². The van der Waals surface area contributed by atoms with Crippen molar-refractivity contribution in [3.63, 3.8) is 0 Å². The Hall–Kier alpha value is -3.58. The zero-order valence-corrected chi connectivity index (χ0v) is 18.4. The average molecular weight is 443 g/mol. The largest absolute Gasteiger partial charge is 0.489 e.